The van der Waals surface area contributed by atoms with Crippen molar-refractivity contribution in [3.8, 4) is 0 Å². The average Bonchev–Trinajstić information content (AvgIpc) is 2.66. The number of nitrogens with one attached hydrogen (secondary N) is 2. The van der Waals surface area contributed by atoms with Crippen LogP contribution in [-0.2, 0) is 6.42 Å². The van der Waals surface area contributed by atoms with Crippen LogP contribution in [0.15, 0.2) is 60.8 Å². The van der Waals surface area contributed by atoms with Crippen molar-refractivity contribution in [3.05, 3.63) is 83.6 Å². The van der Waals surface area contributed by atoms with E-state index in [0.29, 0.717) is 22.8 Å². The zero-order chi connectivity index (χ0) is 18.5. The number of carbonyl (C=O) groups excluding carboxylic acids is 1. The summed E-state index contributed by atoms with van der Waals surface area (Å²) in [6.07, 6.45) is 2.35. The van der Waals surface area contributed by atoms with Crippen molar-refractivity contribution in [1.82, 2.24) is 4.98 Å². The van der Waals surface area contributed by atoms with Gasteiger partial charge in [-0.05, 0) is 48.4 Å². The molecule has 0 aliphatic heterocycles. The highest BCUT2D eigenvalue weighted by Crippen LogP contribution is 2.18. The Kier molecular flexibility index (Phi) is 5.22. The number of aromatic nitrogens is 1. The third-order valence-electron chi connectivity index (χ3n) is 3.84. The monoisotopic (exact) mass is 353 g/mol. The lowest BCUT2D eigenvalue weighted by Crippen LogP contribution is -2.12. The normalized spacial score (nSPS) is 10.4. The minimum atomic E-state index is -0.944. The van der Waals surface area contributed by atoms with E-state index in [0.717, 1.165) is 18.6 Å². The molecule has 0 aliphatic carbocycles. The molecule has 0 fully saturated rings. The van der Waals surface area contributed by atoms with Crippen molar-refractivity contribution >= 4 is 23.1 Å². The number of anilines is 3. The number of hydrogen-bond donors (Lipinski definition) is 2. The number of carbonyl (C=O) groups is 1. The maximum absolute atomic E-state index is 13.2. The molecule has 132 valence electrons. The summed E-state index contributed by atoms with van der Waals surface area (Å²) < 4.78 is 26.2. The van der Waals surface area contributed by atoms with E-state index >= 15 is 0 Å². The Labute approximate surface area is 149 Å². The second-order valence-electron chi connectivity index (χ2n) is 5.69. The number of benzene rings is 2. The van der Waals surface area contributed by atoms with Crippen LogP contribution in [0.5, 0.6) is 0 Å². The van der Waals surface area contributed by atoms with Crippen molar-refractivity contribution in [1.29, 1.82) is 0 Å². The van der Waals surface area contributed by atoms with Crippen LogP contribution in [0, 0.1) is 11.6 Å². The number of rotatable bonds is 5. The molecule has 0 atom stereocenters. The Morgan fingerprint density at radius 1 is 0.962 bits per heavy atom. The van der Waals surface area contributed by atoms with Crippen LogP contribution in [0.25, 0.3) is 0 Å². The third kappa shape index (κ3) is 4.22. The number of pyridine rings is 1. The summed E-state index contributed by atoms with van der Waals surface area (Å²) in [4.78, 5) is 16.4. The average molecular weight is 353 g/mol. The molecule has 0 saturated carbocycles. The molecule has 26 heavy (non-hydrogen) atoms. The van der Waals surface area contributed by atoms with Crippen LogP contribution in [0.1, 0.15) is 22.8 Å². The van der Waals surface area contributed by atoms with Crippen LogP contribution >= 0.6 is 0 Å². The van der Waals surface area contributed by atoms with E-state index < -0.39 is 11.6 Å². The molecule has 6 heteroatoms. The van der Waals surface area contributed by atoms with Crippen LogP contribution in [-0.4, -0.2) is 10.9 Å². The minimum absolute atomic E-state index is 0.277. The third-order valence-corrected chi connectivity index (χ3v) is 3.84. The van der Waals surface area contributed by atoms with E-state index in [2.05, 4.69) is 22.5 Å². The highest BCUT2D eigenvalue weighted by molar-refractivity contribution is 6.04. The predicted molar refractivity (Wildman–Crippen MR) is 97.7 cm³/mol. The van der Waals surface area contributed by atoms with Gasteiger partial charge in [0, 0.05) is 23.6 Å². The van der Waals surface area contributed by atoms with Gasteiger partial charge in [-0.3, -0.25) is 4.79 Å². The number of nitrogens with zero attached hydrogens (tertiary/aromatic N) is 1. The molecule has 1 heterocycles. The first-order chi connectivity index (χ1) is 12.5. The minimum Gasteiger partial charge on any atom is -0.340 e. The number of halogens is 2. The van der Waals surface area contributed by atoms with Crippen molar-refractivity contribution in [3.63, 3.8) is 0 Å². The lowest BCUT2D eigenvalue weighted by atomic mass is 10.1. The molecular formula is C20H17F2N3O. The summed E-state index contributed by atoms with van der Waals surface area (Å²) in [6.45, 7) is 2.06. The number of amides is 1. The number of aryl methyl sites for hydroxylation is 1. The summed E-state index contributed by atoms with van der Waals surface area (Å²) in [6, 6.07) is 14.3. The van der Waals surface area contributed by atoms with Gasteiger partial charge in [0.2, 0.25) is 0 Å². The first-order valence-corrected chi connectivity index (χ1v) is 8.13. The van der Waals surface area contributed by atoms with Crippen molar-refractivity contribution in [2.24, 2.45) is 0 Å². The number of hydrogen-bond acceptors (Lipinski definition) is 3. The molecule has 3 aromatic rings. The van der Waals surface area contributed by atoms with Gasteiger partial charge in [0.1, 0.15) is 5.82 Å². The standard InChI is InChI=1S/C20H17F2N3O/c1-2-13-3-6-15(7-4-13)25-20(26)14-5-10-19(23-12-14)24-16-8-9-17(21)18(22)11-16/h3-12H,2H2,1H3,(H,23,24)(H,25,26). The zero-order valence-corrected chi connectivity index (χ0v) is 14.1. The lowest BCUT2D eigenvalue weighted by Gasteiger charge is -2.08. The predicted octanol–water partition coefficient (Wildman–Crippen LogP) is 4.92. The van der Waals surface area contributed by atoms with Gasteiger partial charge in [0.15, 0.2) is 11.6 Å². The van der Waals surface area contributed by atoms with Gasteiger partial charge in [-0.2, -0.15) is 0 Å². The largest absolute Gasteiger partial charge is 0.340 e. The smallest absolute Gasteiger partial charge is 0.257 e. The van der Waals surface area contributed by atoms with E-state index in [4.69, 9.17) is 0 Å². The molecule has 2 N–H and O–H groups in total. The summed E-state index contributed by atoms with van der Waals surface area (Å²) in [7, 11) is 0. The first-order valence-electron chi connectivity index (χ1n) is 8.13. The molecule has 0 bridgehead atoms. The SMILES string of the molecule is CCc1ccc(NC(=O)c2ccc(Nc3ccc(F)c(F)c3)nc2)cc1. The Morgan fingerprint density at radius 3 is 2.31 bits per heavy atom. The van der Waals surface area contributed by atoms with Crippen molar-refractivity contribution in [2.75, 3.05) is 10.6 Å². The van der Waals surface area contributed by atoms with Crippen LogP contribution in [0.4, 0.5) is 26.0 Å². The summed E-state index contributed by atoms with van der Waals surface area (Å²) in [5.74, 6) is -1.72. The van der Waals surface area contributed by atoms with Gasteiger partial charge in [0.25, 0.3) is 5.91 Å². The molecule has 1 amide bonds. The lowest BCUT2D eigenvalue weighted by molar-refractivity contribution is 0.102. The van der Waals surface area contributed by atoms with Crippen LogP contribution < -0.4 is 10.6 Å². The second-order valence-corrected chi connectivity index (χ2v) is 5.69. The van der Waals surface area contributed by atoms with E-state index in [-0.39, 0.29) is 5.91 Å². The van der Waals surface area contributed by atoms with Gasteiger partial charge in [-0.25, -0.2) is 13.8 Å². The molecular weight excluding hydrogens is 336 g/mol. The molecule has 0 saturated heterocycles. The summed E-state index contributed by atoms with van der Waals surface area (Å²) in [5, 5.41) is 5.65. The molecule has 2 aromatic carbocycles. The highest BCUT2D eigenvalue weighted by atomic mass is 19.2. The fraction of sp³-hybridized carbons (Fsp3) is 0.100. The molecule has 3 rings (SSSR count). The second kappa shape index (κ2) is 7.74. The fourth-order valence-electron chi connectivity index (χ4n) is 2.35. The molecule has 0 aliphatic rings. The maximum Gasteiger partial charge on any atom is 0.257 e. The summed E-state index contributed by atoms with van der Waals surface area (Å²) in [5.41, 5.74) is 2.65. The van der Waals surface area contributed by atoms with E-state index in [1.165, 1.54) is 17.8 Å². The van der Waals surface area contributed by atoms with Crippen LogP contribution in [0.2, 0.25) is 0 Å². The molecule has 0 unspecified atom stereocenters. The quantitative estimate of drug-likeness (QED) is 0.685. The van der Waals surface area contributed by atoms with Crippen molar-refractivity contribution < 1.29 is 13.6 Å². The molecule has 0 radical (unpaired) electrons. The zero-order valence-electron chi connectivity index (χ0n) is 14.1. The van der Waals surface area contributed by atoms with Gasteiger partial charge >= 0.3 is 0 Å². The molecule has 4 nitrogen and oxygen atoms in total. The van der Waals surface area contributed by atoms with Gasteiger partial charge in [-0.1, -0.05) is 19.1 Å². The van der Waals surface area contributed by atoms with E-state index in [1.54, 1.807) is 12.1 Å². The first kappa shape index (κ1) is 17.5. The Bertz CT molecular complexity index is 909. The highest BCUT2D eigenvalue weighted by Gasteiger charge is 2.08. The van der Waals surface area contributed by atoms with Gasteiger partial charge in [0.05, 0.1) is 5.56 Å². The Hall–Kier alpha value is -3.28. The fourth-order valence-corrected chi connectivity index (χ4v) is 2.35. The Morgan fingerprint density at radius 2 is 1.69 bits per heavy atom. The maximum atomic E-state index is 13.2. The van der Waals surface area contributed by atoms with Gasteiger partial charge < -0.3 is 10.6 Å². The van der Waals surface area contributed by atoms with Crippen LogP contribution in [0.3, 0.4) is 0 Å². The topological polar surface area (TPSA) is 54.0 Å². The van der Waals surface area contributed by atoms with E-state index in [1.807, 2.05) is 24.3 Å². The Balaban J connectivity index is 1.66. The van der Waals surface area contributed by atoms with Gasteiger partial charge in [-0.15, -0.1) is 0 Å². The summed E-state index contributed by atoms with van der Waals surface area (Å²) >= 11 is 0. The van der Waals surface area contributed by atoms with Crippen molar-refractivity contribution in [2.45, 2.75) is 13.3 Å². The molecule has 0 spiro atoms. The molecule has 1 aromatic heterocycles. The van der Waals surface area contributed by atoms with E-state index in [9.17, 15) is 13.6 Å².